The van der Waals surface area contributed by atoms with E-state index < -0.39 is 0 Å². The van der Waals surface area contributed by atoms with E-state index in [0.29, 0.717) is 11.3 Å². The summed E-state index contributed by atoms with van der Waals surface area (Å²) in [5.41, 5.74) is 10.2. The molecular formula is C43H46Cl2Zr-2. The molecule has 2 aliphatic carbocycles. The second-order valence-corrected chi connectivity index (χ2v) is 14.4. The van der Waals surface area contributed by atoms with Gasteiger partial charge in [0, 0.05) is 0 Å². The number of allylic oxidation sites excluding steroid dienone is 4. The normalized spacial score (nSPS) is 16.3. The summed E-state index contributed by atoms with van der Waals surface area (Å²) in [7, 11) is 0. The summed E-state index contributed by atoms with van der Waals surface area (Å²) < 4.78 is 1.42. The summed E-state index contributed by atoms with van der Waals surface area (Å²) in [6.45, 7) is 13.4. The summed E-state index contributed by atoms with van der Waals surface area (Å²) >= 11 is 1.46. The second kappa shape index (κ2) is 17.1. The first-order chi connectivity index (χ1) is 21.1. The van der Waals surface area contributed by atoms with Gasteiger partial charge in [0.25, 0.3) is 0 Å². The summed E-state index contributed by atoms with van der Waals surface area (Å²) in [5, 5.41) is 5.53. The van der Waals surface area contributed by atoms with E-state index in [4.69, 9.17) is 0 Å². The number of rotatable bonds is 3. The Morgan fingerprint density at radius 1 is 0.696 bits per heavy atom. The average molecular weight is 725 g/mol. The van der Waals surface area contributed by atoms with Crippen LogP contribution in [0.3, 0.4) is 0 Å². The van der Waals surface area contributed by atoms with Crippen LogP contribution in [0.25, 0.3) is 21.5 Å². The van der Waals surface area contributed by atoms with E-state index in [2.05, 4.69) is 151 Å². The fourth-order valence-electron chi connectivity index (χ4n) is 6.51. The van der Waals surface area contributed by atoms with Crippen molar-refractivity contribution in [1.82, 2.24) is 0 Å². The molecule has 238 valence electrons. The van der Waals surface area contributed by atoms with Crippen LogP contribution in [0.4, 0.5) is 0 Å². The van der Waals surface area contributed by atoms with Gasteiger partial charge in [-0.15, -0.1) is 39.7 Å². The molecule has 0 radical (unpaired) electrons. The van der Waals surface area contributed by atoms with E-state index >= 15 is 0 Å². The average Bonchev–Trinajstić information content (AvgIpc) is 3.62. The molecule has 1 saturated carbocycles. The van der Waals surface area contributed by atoms with Crippen LogP contribution in [-0.4, -0.2) is 3.21 Å². The third-order valence-electron chi connectivity index (χ3n) is 9.64. The first-order valence-electron chi connectivity index (χ1n) is 16.2. The molecule has 0 nitrogen and oxygen atoms in total. The van der Waals surface area contributed by atoms with Crippen molar-refractivity contribution in [3.8, 4) is 0 Å². The van der Waals surface area contributed by atoms with Crippen molar-refractivity contribution in [1.29, 1.82) is 0 Å². The molecule has 46 heavy (non-hydrogen) atoms. The molecule has 0 spiro atoms. The summed E-state index contributed by atoms with van der Waals surface area (Å²) in [6, 6.07) is 32.7. The van der Waals surface area contributed by atoms with Crippen molar-refractivity contribution in [2.45, 2.75) is 73.6 Å². The first kappa shape index (κ1) is 38.0. The van der Waals surface area contributed by atoms with Gasteiger partial charge in [-0.2, -0.15) is 11.6 Å². The van der Waals surface area contributed by atoms with Gasteiger partial charge < -0.3 is 24.8 Å². The molecule has 1 atom stereocenters. The molecule has 3 heteroatoms. The molecular weight excluding hydrogens is 679 g/mol. The maximum atomic E-state index is 3.37. The summed E-state index contributed by atoms with van der Waals surface area (Å²) in [5.74, 6) is 0.550. The monoisotopic (exact) mass is 722 g/mol. The van der Waals surface area contributed by atoms with Crippen LogP contribution in [-0.2, 0) is 24.2 Å². The number of hydrogen-bond acceptors (Lipinski definition) is 0. The third-order valence-corrected chi connectivity index (χ3v) is 11.1. The van der Waals surface area contributed by atoms with E-state index in [1.807, 2.05) is 0 Å². The fourth-order valence-corrected chi connectivity index (χ4v) is 7.33. The van der Waals surface area contributed by atoms with Gasteiger partial charge in [-0.3, -0.25) is 6.08 Å². The van der Waals surface area contributed by atoms with E-state index in [1.165, 1.54) is 114 Å². The molecule has 0 N–H and O–H groups in total. The van der Waals surface area contributed by atoms with Crippen LogP contribution in [0.1, 0.15) is 79.3 Å². The molecule has 0 bridgehead atoms. The maximum absolute atomic E-state index is 3.37. The van der Waals surface area contributed by atoms with Crippen LogP contribution < -0.4 is 24.8 Å². The van der Waals surface area contributed by atoms with Gasteiger partial charge in [-0.1, -0.05) is 91.7 Å². The first-order valence-corrected chi connectivity index (χ1v) is 17.5. The quantitative estimate of drug-likeness (QED) is 0.211. The Balaban J connectivity index is 0.000000186. The fraction of sp³-hybridized carbons (Fsp3) is 0.302. The van der Waals surface area contributed by atoms with E-state index in [0.717, 1.165) is 0 Å². The van der Waals surface area contributed by atoms with Gasteiger partial charge in [-0.25, -0.2) is 6.08 Å². The van der Waals surface area contributed by atoms with Gasteiger partial charge in [0.2, 0.25) is 0 Å². The Hall–Kier alpha value is -2.44. The zero-order valence-electron chi connectivity index (χ0n) is 28.2. The van der Waals surface area contributed by atoms with E-state index in [-0.39, 0.29) is 24.8 Å². The van der Waals surface area contributed by atoms with Crippen molar-refractivity contribution < 1.29 is 49.0 Å². The van der Waals surface area contributed by atoms with E-state index in [1.54, 1.807) is 5.57 Å². The molecule has 1 unspecified atom stereocenters. The topological polar surface area (TPSA) is 0 Å². The standard InChI is InChI=1S/C17H17.C13H19.C13H10.2ClH.Zr/c1-10-5-14-9-15-6-11(2)13(4)8-17(15)16(14)7-12(10)3;1-11-6-7-12(10-11)13(2)8-4-3-5-9-13;1-3-7-12(8-4-1)11-13-9-5-2-6-10-13;;;/h5-9H,1-4H3;7,10-11H,3-5,8-9H2,1-2H3;1-10H;2*1H;/q2*-1;;;;+2/p-2. The third kappa shape index (κ3) is 9.13. The summed E-state index contributed by atoms with van der Waals surface area (Å²) in [6.07, 6.45) is 15.0. The number of hydrogen-bond donors (Lipinski definition) is 0. The van der Waals surface area contributed by atoms with Crippen molar-refractivity contribution >= 4 is 24.8 Å². The second-order valence-electron chi connectivity index (χ2n) is 13.1. The van der Waals surface area contributed by atoms with Crippen LogP contribution in [0.2, 0.25) is 0 Å². The van der Waals surface area contributed by atoms with Crippen LogP contribution >= 0.6 is 0 Å². The molecule has 0 amide bonds. The van der Waals surface area contributed by atoms with E-state index in [9.17, 15) is 0 Å². The predicted octanol–water partition coefficient (Wildman–Crippen LogP) is 5.65. The van der Waals surface area contributed by atoms with Crippen molar-refractivity contribution in [2.24, 2.45) is 11.3 Å². The van der Waals surface area contributed by atoms with Crippen molar-refractivity contribution in [3.05, 3.63) is 148 Å². The Kier molecular flexibility index (Phi) is 14.1. The zero-order chi connectivity index (χ0) is 31.3. The molecule has 0 aliphatic heterocycles. The molecule has 2 aliphatic rings. The molecule has 0 heterocycles. The number of benzene rings is 4. The Bertz CT molecular complexity index is 1700. The zero-order valence-corrected chi connectivity index (χ0v) is 32.2. The number of aryl methyl sites for hydroxylation is 4. The van der Waals surface area contributed by atoms with Crippen LogP contribution in [0, 0.1) is 45.1 Å². The molecule has 0 aromatic heterocycles. The van der Waals surface area contributed by atoms with Gasteiger partial charge in [0.1, 0.15) is 0 Å². The van der Waals surface area contributed by atoms with Crippen LogP contribution in [0.5, 0.6) is 0 Å². The molecule has 7 rings (SSSR count). The molecule has 1 fully saturated rings. The van der Waals surface area contributed by atoms with Crippen molar-refractivity contribution in [3.63, 3.8) is 0 Å². The Labute approximate surface area is 304 Å². The van der Waals surface area contributed by atoms with Crippen LogP contribution in [0.15, 0.2) is 109 Å². The van der Waals surface area contributed by atoms with Gasteiger partial charge in [0.15, 0.2) is 0 Å². The molecule has 5 aromatic rings. The van der Waals surface area contributed by atoms with Gasteiger partial charge in [0.05, 0.1) is 0 Å². The minimum absolute atomic E-state index is 0. The Morgan fingerprint density at radius 3 is 1.54 bits per heavy atom. The number of fused-ring (bicyclic) bond motifs is 3. The minimum atomic E-state index is 0. The van der Waals surface area contributed by atoms with Gasteiger partial charge in [-0.05, 0) is 27.7 Å². The van der Waals surface area contributed by atoms with Crippen molar-refractivity contribution in [2.75, 3.05) is 0 Å². The molecule has 5 aromatic carbocycles. The number of halogens is 2. The summed E-state index contributed by atoms with van der Waals surface area (Å²) in [4.78, 5) is 0. The SMILES string of the molecule is CC1[C-]=CC(C2(C)CCCCC2)=C1.Cc1cc2[cH-]c3cc(C)c(C)cc3c2cc1C.[Cl-].[Cl-].[Zr+2]=[C](c1ccccc1)c1ccccc1. The van der Waals surface area contributed by atoms with Gasteiger partial charge >= 0.3 is 99.2 Å². The molecule has 0 saturated heterocycles. The Morgan fingerprint density at radius 2 is 1.13 bits per heavy atom. The predicted molar refractivity (Wildman–Crippen MR) is 188 cm³/mol.